The number of aromatic nitrogens is 2. The molecule has 5 nitrogen and oxygen atoms in total. The Bertz CT molecular complexity index is 566. The fourth-order valence-electron chi connectivity index (χ4n) is 2.18. The number of methoxy groups -OCH3 is 2. The Kier molecular flexibility index (Phi) is 4.63. The first-order valence-corrected chi connectivity index (χ1v) is 6.62. The van der Waals surface area contributed by atoms with Crippen LogP contribution in [-0.2, 0) is 6.54 Å². The summed E-state index contributed by atoms with van der Waals surface area (Å²) in [6.07, 6.45) is 3.75. The molecule has 20 heavy (non-hydrogen) atoms. The number of hydrogen-bond donors (Lipinski definition) is 1. The smallest absolute Gasteiger partial charge is 0.166 e. The number of benzene rings is 1. The number of rotatable bonds is 6. The van der Waals surface area contributed by atoms with Gasteiger partial charge in [-0.3, -0.25) is 4.68 Å². The van der Waals surface area contributed by atoms with E-state index in [9.17, 15) is 5.11 Å². The Labute approximate surface area is 118 Å². The van der Waals surface area contributed by atoms with Crippen molar-refractivity contribution < 1.29 is 14.6 Å². The quantitative estimate of drug-likeness (QED) is 0.880. The molecule has 2 rings (SSSR count). The van der Waals surface area contributed by atoms with Crippen LogP contribution in [-0.4, -0.2) is 29.1 Å². The van der Waals surface area contributed by atoms with Gasteiger partial charge in [0.25, 0.3) is 0 Å². The van der Waals surface area contributed by atoms with Crippen molar-refractivity contribution in [1.29, 1.82) is 0 Å². The highest BCUT2D eigenvalue weighted by Crippen LogP contribution is 2.36. The molecule has 0 radical (unpaired) electrons. The Hall–Kier alpha value is -2.01. The van der Waals surface area contributed by atoms with Crippen molar-refractivity contribution >= 4 is 0 Å². The van der Waals surface area contributed by atoms with Crippen molar-refractivity contribution in [3.05, 3.63) is 41.7 Å². The molecule has 1 heterocycles. The monoisotopic (exact) mass is 276 g/mol. The third-order valence-corrected chi connectivity index (χ3v) is 3.15. The van der Waals surface area contributed by atoms with Crippen LogP contribution >= 0.6 is 0 Å². The zero-order valence-electron chi connectivity index (χ0n) is 12.0. The van der Waals surface area contributed by atoms with Crippen LogP contribution in [0.25, 0.3) is 0 Å². The number of nitrogens with zero attached hydrogens (tertiary/aromatic N) is 2. The van der Waals surface area contributed by atoms with Gasteiger partial charge in [0.1, 0.15) is 6.10 Å². The van der Waals surface area contributed by atoms with Gasteiger partial charge >= 0.3 is 0 Å². The molecule has 0 saturated heterocycles. The van der Waals surface area contributed by atoms with Crippen LogP contribution in [0.5, 0.6) is 11.5 Å². The number of aryl methyl sites for hydroxylation is 1. The SMILES string of the molecule is CCCn1cc(C(O)c2cccc(OC)c2OC)cn1. The summed E-state index contributed by atoms with van der Waals surface area (Å²) in [6, 6.07) is 5.45. The minimum atomic E-state index is -0.786. The van der Waals surface area contributed by atoms with Crippen LogP contribution in [0.4, 0.5) is 0 Å². The second-order valence-corrected chi connectivity index (χ2v) is 4.52. The normalized spacial score (nSPS) is 12.2. The molecule has 0 saturated carbocycles. The predicted octanol–water partition coefficient (Wildman–Crippen LogP) is 2.39. The van der Waals surface area contributed by atoms with E-state index in [1.165, 1.54) is 0 Å². The molecule has 5 heteroatoms. The Balaban J connectivity index is 2.34. The van der Waals surface area contributed by atoms with Gasteiger partial charge in [-0.1, -0.05) is 19.1 Å². The van der Waals surface area contributed by atoms with Gasteiger partial charge < -0.3 is 14.6 Å². The fourth-order valence-corrected chi connectivity index (χ4v) is 2.18. The van der Waals surface area contributed by atoms with Gasteiger partial charge in [0.2, 0.25) is 0 Å². The van der Waals surface area contributed by atoms with Crippen molar-refractivity contribution in [3.63, 3.8) is 0 Å². The van der Waals surface area contributed by atoms with E-state index in [4.69, 9.17) is 9.47 Å². The second kappa shape index (κ2) is 6.43. The maximum absolute atomic E-state index is 10.5. The van der Waals surface area contributed by atoms with Gasteiger partial charge in [0.15, 0.2) is 11.5 Å². The highest BCUT2D eigenvalue weighted by Gasteiger charge is 2.19. The van der Waals surface area contributed by atoms with Crippen LogP contribution in [0.2, 0.25) is 0 Å². The summed E-state index contributed by atoms with van der Waals surface area (Å²) in [5.74, 6) is 1.15. The van der Waals surface area contributed by atoms with Gasteiger partial charge in [-0.15, -0.1) is 0 Å². The molecule has 0 amide bonds. The molecular formula is C15H20N2O3. The molecule has 0 aliphatic rings. The lowest BCUT2D eigenvalue weighted by Gasteiger charge is -2.16. The van der Waals surface area contributed by atoms with E-state index in [-0.39, 0.29) is 0 Å². The van der Waals surface area contributed by atoms with Crippen molar-refractivity contribution in [2.24, 2.45) is 0 Å². The average molecular weight is 276 g/mol. The van der Waals surface area contributed by atoms with E-state index in [2.05, 4.69) is 12.0 Å². The molecular weight excluding hydrogens is 256 g/mol. The lowest BCUT2D eigenvalue weighted by atomic mass is 10.0. The van der Waals surface area contributed by atoms with Crippen molar-refractivity contribution in [2.45, 2.75) is 26.0 Å². The minimum Gasteiger partial charge on any atom is -0.493 e. The first-order chi connectivity index (χ1) is 9.71. The summed E-state index contributed by atoms with van der Waals surface area (Å²) in [4.78, 5) is 0. The Morgan fingerprint density at radius 3 is 2.75 bits per heavy atom. The van der Waals surface area contributed by atoms with Crippen molar-refractivity contribution in [2.75, 3.05) is 14.2 Å². The first-order valence-electron chi connectivity index (χ1n) is 6.62. The Morgan fingerprint density at radius 1 is 1.30 bits per heavy atom. The molecule has 0 fully saturated rings. The number of ether oxygens (including phenoxy) is 2. The molecule has 0 aliphatic carbocycles. The summed E-state index contributed by atoms with van der Waals surface area (Å²) in [5.41, 5.74) is 1.41. The van der Waals surface area contributed by atoms with Crippen LogP contribution in [0.3, 0.4) is 0 Å². The molecule has 0 bridgehead atoms. The number of para-hydroxylation sites is 1. The van der Waals surface area contributed by atoms with E-state index >= 15 is 0 Å². The molecule has 1 atom stereocenters. The molecule has 1 aromatic carbocycles. The van der Waals surface area contributed by atoms with Crippen molar-refractivity contribution in [1.82, 2.24) is 9.78 Å². The third-order valence-electron chi connectivity index (χ3n) is 3.15. The highest BCUT2D eigenvalue weighted by atomic mass is 16.5. The molecule has 108 valence electrons. The fraction of sp³-hybridized carbons (Fsp3) is 0.400. The van der Waals surface area contributed by atoms with E-state index in [0.717, 1.165) is 18.5 Å². The topological polar surface area (TPSA) is 56.5 Å². The maximum atomic E-state index is 10.5. The van der Waals surface area contributed by atoms with Gasteiger partial charge in [0, 0.05) is 23.9 Å². The van der Waals surface area contributed by atoms with E-state index in [0.29, 0.717) is 17.1 Å². The first kappa shape index (κ1) is 14.4. The largest absolute Gasteiger partial charge is 0.493 e. The average Bonchev–Trinajstić information content (AvgIpc) is 2.94. The van der Waals surface area contributed by atoms with Gasteiger partial charge in [-0.2, -0.15) is 5.10 Å². The predicted molar refractivity (Wildman–Crippen MR) is 76.1 cm³/mol. The van der Waals surface area contributed by atoms with E-state index in [1.807, 2.05) is 23.0 Å². The molecule has 0 aliphatic heterocycles. The number of aliphatic hydroxyl groups is 1. The number of hydrogen-bond acceptors (Lipinski definition) is 4. The van der Waals surface area contributed by atoms with Gasteiger partial charge in [-0.05, 0) is 12.5 Å². The van der Waals surface area contributed by atoms with Crippen LogP contribution in [0.1, 0.15) is 30.6 Å². The zero-order chi connectivity index (χ0) is 14.5. The molecule has 1 unspecified atom stereocenters. The molecule has 0 spiro atoms. The summed E-state index contributed by atoms with van der Waals surface area (Å²) < 4.78 is 12.4. The molecule has 2 aromatic rings. The standard InChI is InChI=1S/C15H20N2O3/c1-4-8-17-10-11(9-16-17)14(18)12-6-5-7-13(19-2)15(12)20-3/h5-7,9-10,14,18H,4,8H2,1-3H3. The third kappa shape index (κ3) is 2.77. The van der Waals surface area contributed by atoms with Gasteiger partial charge in [0.05, 0.1) is 20.4 Å². The molecule has 1 N–H and O–H groups in total. The van der Waals surface area contributed by atoms with Gasteiger partial charge in [-0.25, -0.2) is 0 Å². The molecule has 1 aromatic heterocycles. The lowest BCUT2D eigenvalue weighted by molar-refractivity contribution is 0.213. The Morgan fingerprint density at radius 2 is 2.10 bits per heavy atom. The summed E-state index contributed by atoms with van der Waals surface area (Å²) >= 11 is 0. The van der Waals surface area contributed by atoms with Crippen LogP contribution in [0, 0.1) is 0 Å². The minimum absolute atomic E-state index is 0.547. The second-order valence-electron chi connectivity index (χ2n) is 4.52. The zero-order valence-corrected chi connectivity index (χ0v) is 12.0. The summed E-state index contributed by atoms with van der Waals surface area (Å²) in [7, 11) is 3.14. The van der Waals surface area contributed by atoms with E-state index in [1.54, 1.807) is 26.5 Å². The lowest BCUT2D eigenvalue weighted by Crippen LogP contribution is -2.03. The number of aliphatic hydroxyl groups excluding tert-OH is 1. The maximum Gasteiger partial charge on any atom is 0.166 e. The highest BCUT2D eigenvalue weighted by molar-refractivity contribution is 5.49. The van der Waals surface area contributed by atoms with E-state index < -0.39 is 6.10 Å². The summed E-state index contributed by atoms with van der Waals surface area (Å²) in [6.45, 7) is 2.92. The van der Waals surface area contributed by atoms with Crippen LogP contribution < -0.4 is 9.47 Å². The van der Waals surface area contributed by atoms with Crippen molar-refractivity contribution in [3.8, 4) is 11.5 Å². The summed E-state index contributed by atoms with van der Waals surface area (Å²) in [5, 5.41) is 14.8. The van der Waals surface area contributed by atoms with Crippen LogP contribution in [0.15, 0.2) is 30.6 Å².